The van der Waals surface area contributed by atoms with Crippen LogP contribution in [0, 0.1) is 0 Å². The lowest BCUT2D eigenvalue weighted by atomic mass is 10.2. The Balaban J connectivity index is 3.23. The van der Waals surface area contributed by atoms with Crippen molar-refractivity contribution in [2.24, 2.45) is 0 Å². The third-order valence-electron chi connectivity index (χ3n) is 4.88. The average Bonchev–Trinajstić information content (AvgIpc) is 2.54. The van der Waals surface area contributed by atoms with Crippen LogP contribution in [0.5, 0.6) is 0 Å². The Bertz CT molecular complexity index is 384. The molecule has 1 aliphatic rings. The Kier molecular flexibility index (Phi) is 6.87. The quantitative estimate of drug-likeness (QED) is 0.340. The van der Waals surface area contributed by atoms with Crippen LogP contribution in [0.3, 0.4) is 0 Å². The Labute approximate surface area is 160 Å². The van der Waals surface area contributed by atoms with Crippen LogP contribution < -0.4 is 0 Å². The van der Waals surface area contributed by atoms with Crippen molar-refractivity contribution in [3.63, 3.8) is 0 Å². The highest BCUT2D eigenvalue weighted by Gasteiger charge is 2.50. The van der Waals surface area contributed by atoms with Gasteiger partial charge in [-0.2, -0.15) is 0 Å². The van der Waals surface area contributed by atoms with Crippen LogP contribution in [-0.4, -0.2) is 36.8 Å². The summed E-state index contributed by atoms with van der Waals surface area (Å²) >= 11 is 6.22. The summed E-state index contributed by atoms with van der Waals surface area (Å²) in [7, 11) is -0.274. The van der Waals surface area contributed by atoms with Crippen LogP contribution in [0.2, 0.25) is 0 Å². The Morgan fingerprint density at radius 1 is 0.583 bits per heavy atom. The van der Waals surface area contributed by atoms with Gasteiger partial charge >= 0.3 is 0 Å². The molecule has 1 rings (SSSR count). The molecule has 0 amide bonds. The van der Waals surface area contributed by atoms with Gasteiger partial charge in [0.1, 0.15) is 0 Å². The minimum atomic E-state index is -0.137. The molecule has 0 aromatic rings. The number of thiocarbonyl (C=S) groups is 1. The van der Waals surface area contributed by atoms with Gasteiger partial charge in [0.05, 0.1) is 0 Å². The van der Waals surface area contributed by atoms with Gasteiger partial charge in [-0.3, -0.25) is 0 Å². The topological polar surface area (TPSA) is 0 Å². The lowest BCUT2D eigenvalue weighted by molar-refractivity contribution is 0.685. The zero-order valence-corrected chi connectivity index (χ0v) is 21.0. The molecule has 0 spiro atoms. The highest BCUT2D eigenvalue weighted by Crippen LogP contribution is 2.70. The molecule has 3 heteroatoms. The molecular formula is C21H42P2S. The number of rotatable bonds is 2. The van der Waals surface area contributed by atoms with Crippen LogP contribution in [0.15, 0.2) is 0 Å². The molecule has 0 bridgehead atoms. The maximum atomic E-state index is 6.22. The maximum absolute atomic E-state index is 6.22. The predicted octanol–water partition coefficient (Wildman–Crippen LogP) is 8.05. The first kappa shape index (κ1) is 23.0. The summed E-state index contributed by atoms with van der Waals surface area (Å²) in [4.78, 5) is 1.45. The molecule has 0 aromatic carbocycles. The van der Waals surface area contributed by atoms with Crippen LogP contribution in [-0.2, 0) is 0 Å². The van der Waals surface area contributed by atoms with Crippen molar-refractivity contribution in [3.8, 4) is 0 Å². The number of hydrogen-bond donors (Lipinski definition) is 0. The summed E-state index contributed by atoms with van der Waals surface area (Å²) in [6.07, 6.45) is 2.66. The number of hydrogen-bond acceptors (Lipinski definition) is 1. The van der Waals surface area contributed by atoms with E-state index in [0.717, 1.165) is 0 Å². The normalized spacial score (nSPS) is 24.3. The van der Waals surface area contributed by atoms with Gasteiger partial charge in [0.2, 0.25) is 0 Å². The first-order valence-electron chi connectivity index (χ1n) is 9.51. The van der Waals surface area contributed by atoms with Crippen LogP contribution in [0.1, 0.15) is 95.9 Å². The third kappa shape index (κ3) is 5.24. The molecule has 0 saturated heterocycles. The molecule has 1 fully saturated rings. The highest BCUT2D eigenvalue weighted by atomic mass is 32.1. The van der Waals surface area contributed by atoms with Crippen molar-refractivity contribution in [1.29, 1.82) is 0 Å². The molecule has 0 aliphatic heterocycles. The third-order valence-corrected chi connectivity index (χ3v) is 13.9. The SMILES string of the molecule is CC(C)(C)P(C1CCC(P(C(C)(C)C)C(C)(C)C)C1=S)C(C)(C)C. The molecule has 142 valence electrons. The predicted molar refractivity (Wildman–Crippen MR) is 122 cm³/mol. The van der Waals surface area contributed by atoms with E-state index in [2.05, 4.69) is 83.1 Å². The summed E-state index contributed by atoms with van der Waals surface area (Å²) in [5.74, 6) is 0. The van der Waals surface area contributed by atoms with Gasteiger partial charge in [0.25, 0.3) is 0 Å². The maximum Gasteiger partial charge on any atom is 0.0122 e. The van der Waals surface area contributed by atoms with Gasteiger partial charge in [-0.05, 0) is 33.5 Å². The Morgan fingerprint density at radius 3 is 0.958 bits per heavy atom. The van der Waals surface area contributed by atoms with Crippen molar-refractivity contribution >= 4 is 32.9 Å². The van der Waals surface area contributed by atoms with E-state index >= 15 is 0 Å². The molecule has 0 nitrogen and oxygen atoms in total. The largest absolute Gasteiger partial charge is 0.0883 e. The minimum absolute atomic E-state index is 0.137. The molecule has 2 atom stereocenters. The van der Waals surface area contributed by atoms with Crippen LogP contribution in [0.25, 0.3) is 0 Å². The second-order valence-corrected chi connectivity index (χ2v) is 20.0. The average molecular weight is 389 g/mol. The molecule has 1 aliphatic carbocycles. The smallest absolute Gasteiger partial charge is 0.0122 e. The molecule has 1 saturated carbocycles. The van der Waals surface area contributed by atoms with E-state index in [1.807, 2.05) is 0 Å². The summed E-state index contributed by atoms with van der Waals surface area (Å²) in [6.45, 7) is 29.3. The van der Waals surface area contributed by atoms with E-state index in [-0.39, 0.29) is 15.8 Å². The van der Waals surface area contributed by atoms with Crippen molar-refractivity contribution < 1.29 is 0 Å². The van der Waals surface area contributed by atoms with Crippen LogP contribution in [0.4, 0.5) is 0 Å². The zero-order valence-electron chi connectivity index (χ0n) is 18.4. The molecule has 0 heterocycles. The monoisotopic (exact) mass is 388 g/mol. The lowest BCUT2D eigenvalue weighted by Gasteiger charge is -2.48. The zero-order chi connectivity index (χ0) is 19.3. The molecule has 24 heavy (non-hydrogen) atoms. The fourth-order valence-electron chi connectivity index (χ4n) is 5.22. The first-order valence-corrected chi connectivity index (χ1v) is 12.7. The van der Waals surface area contributed by atoms with E-state index in [1.54, 1.807) is 0 Å². The van der Waals surface area contributed by atoms with Gasteiger partial charge in [-0.25, -0.2) is 0 Å². The van der Waals surface area contributed by atoms with E-state index in [9.17, 15) is 0 Å². The Morgan fingerprint density at radius 2 is 0.792 bits per heavy atom. The summed E-state index contributed by atoms with van der Waals surface area (Å²) in [6, 6.07) is 0. The van der Waals surface area contributed by atoms with Crippen molar-refractivity contribution in [2.45, 2.75) is 128 Å². The first-order chi connectivity index (χ1) is 10.4. The van der Waals surface area contributed by atoms with Gasteiger partial charge < -0.3 is 0 Å². The van der Waals surface area contributed by atoms with Gasteiger partial charge in [0.15, 0.2) is 0 Å². The van der Waals surface area contributed by atoms with Crippen molar-refractivity contribution in [2.75, 3.05) is 0 Å². The second-order valence-electron chi connectivity index (χ2n) is 11.4. The summed E-state index contributed by atoms with van der Waals surface area (Å²) in [5, 5.41) is 1.46. The van der Waals surface area contributed by atoms with Gasteiger partial charge in [-0.1, -0.05) is 111 Å². The van der Waals surface area contributed by atoms with Crippen LogP contribution >= 0.6 is 28.1 Å². The Hall–Kier alpha value is 0.950. The molecule has 0 radical (unpaired) electrons. The van der Waals surface area contributed by atoms with Crippen molar-refractivity contribution in [3.05, 3.63) is 0 Å². The standard InChI is InChI=1S/C21H42P2S/c1-18(2,3)22(19(4,5)6)15-13-14-16(17(15)24)23(20(7,8)9)21(10,11)12/h15-16H,13-14H2,1-12H3. The molecular weight excluding hydrogens is 346 g/mol. The minimum Gasteiger partial charge on any atom is -0.0883 e. The summed E-state index contributed by atoms with van der Waals surface area (Å²) in [5.41, 5.74) is 1.35. The fraction of sp³-hybridized carbons (Fsp3) is 0.952. The van der Waals surface area contributed by atoms with E-state index < -0.39 is 0 Å². The lowest BCUT2D eigenvalue weighted by Crippen LogP contribution is -2.37. The fourth-order valence-corrected chi connectivity index (χ4v) is 15.7. The molecule has 2 unspecified atom stereocenters. The summed E-state index contributed by atoms with van der Waals surface area (Å²) < 4.78 is 0. The second kappa shape index (κ2) is 7.17. The molecule has 0 N–H and O–H groups in total. The highest BCUT2D eigenvalue weighted by molar-refractivity contribution is 7.83. The molecule has 0 aromatic heterocycles. The van der Waals surface area contributed by atoms with E-state index in [1.165, 1.54) is 17.7 Å². The van der Waals surface area contributed by atoms with Crippen molar-refractivity contribution in [1.82, 2.24) is 0 Å². The van der Waals surface area contributed by atoms with Gasteiger partial charge in [0, 0.05) is 16.2 Å². The van der Waals surface area contributed by atoms with E-state index in [0.29, 0.717) is 31.9 Å². The van der Waals surface area contributed by atoms with Gasteiger partial charge in [-0.15, -0.1) is 0 Å². The van der Waals surface area contributed by atoms with E-state index in [4.69, 9.17) is 12.2 Å².